The van der Waals surface area contributed by atoms with Gasteiger partial charge in [-0.15, -0.1) is 0 Å². The van der Waals surface area contributed by atoms with Crippen molar-refractivity contribution in [1.29, 1.82) is 0 Å². The second-order valence-electron chi connectivity index (χ2n) is 5.26. The number of carbonyl (C=O) groups is 1. The Bertz CT molecular complexity index is 536. The molecular weight excluding hydrogens is 220 g/mol. The van der Waals surface area contributed by atoms with Crippen molar-refractivity contribution >= 4 is 11.9 Å². The molecule has 2 rings (SSSR count). The number of allylic oxidation sites excluding steroid dienone is 3. The van der Waals surface area contributed by atoms with Gasteiger partial charge in [-0.25, -0.2) is 0 Å². The van der Waals surface area contributed by atoms with Gasteiger partial charge < -0.3 is 0 Å². The molecule has 18 heavy (non-hydrogen) atoms. The van der Waals surface area contributed by atoms with E-state index in [4.69, 9.17) is 0 Å². The van der Waals surface area contributed by atoms with Crippen LogP contribution in [0.2, 0.25) is 0 Å². The van der Waals surface area contributed by atoms with E-state index in [-0.39, 0.29) is 11.7 Å². The largest absolute Gasteiger partial charge is 0.294 e. The quantitative estimate of drug-likeness (QED) is 0.710. The first kappa shape index (κ1) is 12.8. The zero-order valence-electron chi connectivity index (χ0n) is 11.5. The Labute approximate surface area is 109 Å². The van der Waals surface area contributed by atoms with Crippen molar-refractivity contribution in [2.75, 3.05) is 0 Å². The molecule has 1 nitrogen and oxygen atoms in total. The van der Waals surface area contributed by atoms with Gasteiger partial charge in [-0.1, -0.05) is 43.3 Å². The highest BCUT2D eigenvalue weighted by molar-refractivity contribution is 6.09. The van der Waals surface area contributed by atoms with Crippen LogP contribution >= 0.6 is 0 Å². The van der Waals surface area contributed by atoms with Crippen LogP contribution < -0.4 is 0 Å². The summed E-state index contributed by atoms with van der Waals surface area (Å²) in [7, 11) is 0. The number of hydrogen-bond donors (Lipinski definition) is 0. The molecule has 0 heterocycles. The lowest BCUT2D eigenvalue weighted by molar-refractivity contribution is -0.121. The van der Waals surface area contributed by atoms with Crippen molar-refractivity contribution in [2.45, 2.75) is 33.1 Å². The zero-order valence-corrected chi connectivity index (χ0v) is 11.5. The van der Waals surface area contributed by atoms with Crippen molar-refractivity contribution in [3.05, 3.63) is 53.1 Å². The summed E-state index contributed by atoms with van der Waals surface area (Å²) in [4.78, 5) is 12.6. The van der Waals surface area contributed by atoms with Crippen LogP contribution in [0.4, 0.5) is 0 Å². The molecule has 0 amide bonds. The van der Waals surface area contributed by atoms with Gasteiger partial charge in [0.2, 0.25) is 0 Å². The van der Waals surface area contributed by atoms with Gasteiger partial charge in [0.25, 0.3) is 0 Å². The van der Waals surface area contributed by atoms with Crippen LogP contribution in [0.5, 0.6) is 0 Å². The maximum Gasteiger partial charge on any atom is 0.169 e. The van der Waals surface area contributed by atoms with E-state index in [1.165, 1.54) is 5.56 Å². The lowest BCUT2D eigenvalue weighted by Crippen LogP contribution is -2.41. The molecule has 1 aromatic carbocycles. The van der Waals surface area contributed by atoms with Gasteiger partial charge in [0.05, 0.1) is 5.41 Å². The molecular formula is C17H20O. The minimum Gasteiger partial charge on any atom is -0.294 e. The summed E-state index contributed by atoms with van der Waals surface area (Å²) in [6, 6.07) is 8.21. The Morgan fingerprint density at radius 2 is 1.94 bits per heavy atom. The average Bonchev–Trinajstić information content (AvgIpc) is 2.36. The van der Waals surface area contributed by atoms with E-state index < -0.39 is 5.41 Å². The molecule has 1 aliphatic rings. The van der Waals surface area contributed by atoms with E-state index in [1.54, 1.807) is 0 Å². The molecule has 0 saturated carbocycles. The van der Waals surface area contributed by atoms with Gasteiger partial charge in [0.1, 0.15) is 0 Å². The van der Waals surface area contributed by atoms with Crippen LogP contribution in [0.3, 0.4) is 0 Å². The fourth-order valence-corrected chi connectivity index (χ4v) is 2.86. The van der Waals surface area contributed by atoms with Crippen LogP contribution in [0.25, 0.3) is 6.08 Å². The molecule has 0 N–H and O–H groups in total. The maximum absolute atomic E-state index is 12.6. The molecule has 1 aromatic rings. The summed E-state index contributed by atoms with van der Waals surface area (Å²) in [5.41, 5.74) is 2.73. The van der Waals surface area contributed by atoms with E-state index >= 15 is 0 Å². The zero-order chi connectivity index (χ0) is 13.3. The number of ketones is 1. The first-order valence-corrected chi connectivity index (χ1v) is 6.47. The summed E-state index contributed by atoms with van der Waals surface area (Å²) in [5, 5.41) is 0. The first-order chi connectivity index (χ1) is 8.51. The van der Waals surface area contributed by atoms with Crippen LogP contribution in [0, 0.1) is 5.92 Å². The average molecular weight is 240 g/mol. The number of carbonyl (C=O) groups excluding carboxylic acids is 1. The fourth-order valence-electron chi connectivity index (χ4n) is 2.86. The van der Waals surface area contributed by atoms with E-state index in [0.717, 1.165) is 11.1 Å². The van der Waals surface area contributed by atoms with Crippen molar-refractivity contribution in [3.8, 4) is 0 Å². The molecule has 0 spiro atoms. The monoisotopic (exact) mass is 240 g/mol. The summed E-state index contributed by atoms with van der Waals surface area (Å²) in [6.45, 7) is 8.10. The van der Waals surface area contributed by atoms with E-state index in [2.05, 4.69) is 32.1 Å². The Morgan fingerprint density at radius 3 is 2.61 bits per heavy atom. The summed E-state index contributed by atoms with van der Waals surface area (Å²) in [6.07, 6.45) is 6.15. The Morgan fingerprint density at radius 1 is 1.28 bits per heavy atom. The Balaban J connectivity index is 2.66. The van der Waals surface area contributed by atoms with E-state index in [0.29, 0.717) is 0 Å². The standard InChI is InChI=1S/C17H20O/c1-5-8-13(3)17(4)15-10-7-6-9-14(15)11-12(2)16(17)18/h5-11,13H,1-4H3/b8-5-. The fraction of sp³-hybridized carbons (Fsp3) is 0.353. The molecule has 0 aliphatic heterocycles. The lowest BCUT2D eigenvalue weighted by Gasteiger charge is -2.37. The highest BCUT2D eigenvalue weighted by atomic mass is 16.1. The Kier molecular flexibility index (Phi) is 3.25. The first-order valence-electron chi connectivity index (χ1n) is 6.47. The van der Waals surface area contributed by atoms with Crippen LogP contribution in [-0.4, -0.2) is 5.78 Å². The molecule has 0 radical (unpaired) electrons. The van der Waals surface area contributed by atoms with Gasteiger partial charge in [0, 0.05) is 0 Å². The Hall–Kier alpha value is -1.63. The van der Waals surface area contributed by atoms with Crippen LogP contribution in [0.1, 0.15) is 38.8 Å². The SMILES string of the molecule is C/C=C\C(C)C1(C)C(=O)C(C)=Cc2ccccc21. The highest BCUT2D eigenvalue weighted by Gasteiger charge is 2.42. The normalized spacial score (nSPS) is 24.9. The second kappa shape index (κ2) is 4.56. The molecule has 1 aliphatic carbocycles. The third-order valence-corrected chi connectivity index (χ3v) is 4.11. The predicted octanol–water partition coefficient (Wildman–Crippen LogP) is 4.14. The summed E-state index contributed by atoms with van der Waals surface area (Å²) >= 11 is 0. The number of benzene rings is 1. The van der Waals surface area contributed by atoms with Gasteiger partial charge in [-0.3, -0.25) is 4.79 Å². The third kappa shape index (κ3) is 1.74. The molecule has 0 fully saturated rings. The van der Waals surface area contributed by atoms with Crippen molar-refractivity contribution in [2.24, 2.45) is 5.92 Å². The van der Waals surface area contributed by atoms with Gasteiger partial charge in [-0.05, 0) is 49.5 Å². The molecule has 0 aromatic heterocycles. The number of fused-ring (bicyclic) bond motifs is 1. The molecule has 94 valence electrons. The van der Waals surface area contributed by atoms with Crippen LogP contribution in [-0.2, 0) is 10.2 Å². The van der Waals surface area contributed by atoms with E-state index in [1.807, 2.05) is 38.1 Å². The topological polar surface area (TPSA) is 17.1 Å². The molecule has 1 heteroatoms. The predicted molar refractivity (Wildman–Crippen MR) is 76.4 cm³/mol. The maximum atomic E-state index is 12.6. The van der Waals surface area contributed by atoms with Crippen molar-refractivity contribution in [3.63, 3.8) is 0 Å². The summed E-state index contributed by atoms with van der Waals surface area (Å²) in [5.74, 6) is 0.437. The number of Topliss-reactive ketones (excluding diaryl/α,β-unsaturated/α-hetero) is 1. The number of hydrogen-bond acceptors (Lipinski definition) is 1. The smallest absolute Gasteiger partial charge is 0.169 e. The summed E-state index contributed by atoms with van der Waals surface area (Å²) < 4.78 is 0. The van der Waals surface area contributed by atoms with Gasteiger partial charge in [-0.2, -0.15) is 0 Å². The lowest BCUT2D eigenvalue weighted by atomic mass is 9.64. The van der Waals surface area contributed by atoms with Crippen molar-refractivity contribution in [1.82, 2.24) is 0 Å². The van der Waals surface area contributed by atoms with Crippen LogP contribution in [0.15, 0.2) is 42.0 Å². The molecule has 2 atom stereocenters. The highest BCUT2D eigenvalue weighted by Crippen LogP contribution is 2.41. The van der Waals surface area contributed by atoms with Gasteiger partial charge >= 0.3 is 0 Å². The molecule has 0 bridgehead atoms. The minimum absolute atomic E-state index is 0.194. The van der Waals surface area contributed by atoms with Crippen molar-refractivity contribution < 1.29 is 4.79 Å². The molecule has 0 saturated heterocycles. The minimum atomic E-state index is -0.443. The third-order valence-electron chi connectivity index (χ3n) is 4.11. The van der Waals surface area contributed by atoms with E-state index in [9.17, 15) is 4.79 Å². The molecule has 2 unspecified atom stereocenters. The van der Waals surface area contributed by atoms with Gasteiger partial charge in [0.15, 0.2) is 5.78 Å². The number of rotatable bonds is 2. The second-order valence-corrected chi connectivity index (χ2v) is 5.26.